The summed E-state index contributed by atoms with van der Waals surface area (Å²) < 4.78 is 11.3. The summed E-state index contributed by atoms with van der Waals surface area (Å²) in [5, 5.41) is 0. The molecule has 142 valence electrons. The molecule has 1 aromatic heterocycles. The molecule has 0 radical (unpaired) electrons. The summed E-state index contributed by atoms with van der Waals surface area (Å²) in [4.78, 5) is 21.9. The van der Waals surface area contributed by atoms with Crippen molar-refractivity contribution in [1.82, 2.24) is 14.9 Å². The van der Waals surface area contributed by atoms with Gasteiger partial charge in [-0.2, -0.15) is 4.98 Å². The quantitative estimate of drug-likeness (QED) is 0.798. The molecular formula is C20H29N3O3. The Balaban J connectivity index is 1.48. The Morgan fingerprint density at radius 3 is 2.88 bits per heavy atom. The zero-order valence-electron chi connectivity index (χ0n) is 16.0. The molecule has 1 fully saturated rings. The smallest absolute Gasteiger partial charge is 0.410 e. The topological polar surface area (TPSA) is 67.4 Å². The minimum atomic E-state index is -0.455. The molecule has 0 unspecified atom stereocenters. The van der Waals surface area contributed by atoms with Crippen molar-refractivity contribution in [2.75, 3.05) is 13.2 Å². The maximum absolute atomic E-state index is 12.4. The fraction of sp³-hybridized carbons (Fsp3) is 0.600. The average Bonchev–Trinajstić information content (AvgIpc) is 3.00. The van der Waals surface area contributed by atoms with Crippen LogP contribution in [0.2, 0.25) is 0 Å². The predicted molar refractivity (Wildman–Crippen MR) is 101 cm³/mol. The van der Waals surface area contributed by atoms with Crippen LogP contribution in [0.1, 0.15) is 52.9 Å². The third-order valence-corrected chi connectivity index (χ3v) is 4.54. The van der Waals surface area contributed by atoms with Crippen molar-refractivity contribution in [3.63, 3.8) is 0 Å². The summed E-state index contributed by atoms with van der Waals surface area (Å²) in [5.41, 5.74) is 1.43. The van der Waals surface area contributed by atoms with Gasteiger partial charge in [0.25, 0.3) is 6.01 Å². The number of hydrogen-bond acceptors (Lipinski definition) is 4. The van der Waals surface area contributed by atoms with Gasteiger partial charge >= 0.3 is 6.09 Å². The normalized spacial score (nSPS) is 18.1. The molecule has 2 heterocycles. The molecule has 1 saturated heterocycles. The van der Waals surface area contributed by atoms with Crippen LogP contribution in [0.25, 0.3) is 11.0 Å². The van der Waals surface area contributed by atoms with E-state index in [1.165, 1.54) is 0 Å². The van der Waals surface area contributed by atoms with Gasteiger partial charge in [-0.1, -0.05) is 12.1 Å². The lowest BCUT2D eigenvalue weighted by Crippen LogP contribution is -2.46. The number of carbonyl (C=O) groups is 1. The third-order valence-electron chi connectivity index (χ3n) is 4.54. The lowest BCUT2D eigenvalue weighted by molar-refractivity contribution is 0.00820. The van der Waals surface area contributed by atoms with Crippen LogP contribution in [0, 0.1) is 0 Å². The lowest BCUT2D eigenvalue weighted by atomic mass is 9.98. The monoisotopic (exact) mass is 359 g/mol. The van der Waals surface area contributed by atoms with Crippen molar-refractivity contribution >= 4 is 17.1 Å². The molecule has 1 aromatic carbocycles. The number of benzene rings is 1. The number of imidazole rings is 1. The number of rotatable bonds is 5. The summed E-state index contributed by atoms with van der Waals surface area (Å²) in [6.07, 6.45) is 4.84. The molecule has 1 aliphatic heterocycles. The predicted octanol–water partition coefficient (Wildman–Crippen LogP) is 4.51. The van der Waals surface area contributed by atoms with E-state index in [1.54, 1.807) is 0 Å². The Morgan fingerprint density at radius 2 is 2.12 bits per heavy atom. The first-order chi connectivity index (χ1) is 12.4. The van der Waals surface area contributed by atoms with Gasteiger partial charge in [-0.15, -0.1) is 0 Å². The molecule has 1 atom stereocenters. The van der Waals surface area contributed by atoms with E-state index in [-0.39, 0.29) is 12.1 Å². The number of likely N-dealkylation sites (tertiary alicyclic amines) is 1. The number of hydrogen-bond donors (Lipinski definition) is 1. The van der Waals surface area contributed by atoms with Gasteiger partial charge in [-0.3, -0.25) is 0 Å². The molecule has 1 N–H and O–H groups in total. The van der Waals surface area contributed by atoms with E-state index in [1.807, 2.05) is 49.9 Å². The molecule has 6 heteroatoms. The van der Waals surface area contributed by atoms with Gasteiger partial charge in [-0.05, 0) is 65.0 Å². The van der Waals surface area contributed by atoms with Gasteiger partial charge in [0.2, 0.25) is 0 Å². The fourth-order valence-corrected chi connectivity index (χ4v) is 3.35. The standard InChI is InChI=1S/C20H29N3O3/c1-20(2,3)26-19(24)23-13-7-6-9-15(23)10-8-14-25-18-21-16-11-4-5-12-17(16)22-18/h4-5,11-12,15H,6-10,13-14H2,1-3H3,(H,21,22)/t15-/m0/s1. The molecule has 1 aliphatic rings. The Morgan fingerprint density at radius 1 is 1.31 bits per heavy atom. The number of aromatic amines is 1. The van der Waals surface area contributed by atoms with Gasteiger partial charge in [0.1, 0.15) is 5.60 Å². The Kier molecular flexibility index (Phi) is 5.69. The third kappa shape index (κ3) is 4.90. The van der Waals surface area contributed by atoms with Crippen LogP contribution in [0.3, 0.4) is 0 Å². The number of carbonyl (C=O) groups excluding carboxylic acids is 1. The van der Waals surface area contributed by atoms with E-state index in [0.717, 1.165) is 49.7 Å². The minimum absolute atomic E-state index is 0.194. The van der Waals surface area contributed by atoms with Gasteiger partial charge in [0.15, 0.2) is 0 Å². The van der Waals surface area contributed by atoms with Crippen LogP contribution in [0.15, 0.2) is 24.3 Å². The highest BCUT2D eigenvalue weighted by atomic mass is 16.6. The van der Waals surface area contributed by atoms with E-state index in [2.05, 4.69) is 9.97 Å². The van der Waals surface area contributed by atoms with E-state index in [0.29, 0.717) is 12.6 Å². The molecule has 0 bridgehead atoms. The number of nitrogens with one attached hydrogen (secondary N) is 1. The van der Waals surface area contributed by atoms with Crippen molar-refractivity contribution in [2.24, 2.45) is 0 Å². The highest BCUT2D eigenvalue weighted by Crippen LogP contribution is 2.23. The first-order valence-electron chi connectivity index (χ1n) is 9.49. The van der Waals surface area contributed by atoms with E-state index in [4.69, 9.17) is 9.47 Å². The molecule has 0 spiro atoms. The van der Waals surface area contributed by atoms with Crippen molar-refractivity contribution < 1.29 is 14.3 Å². The maximum Gasteiger partial charge on any atom is 0.410 e. The summed E-state index contributed by atoms with van der Waals surface area (Å²) in [5.74, 6) is 0. The molecule has 3 rings (SSSR count). The number of nitrogens with zero attached hydrogens (tertiary/aromatic N) is 2. The number of piperidine rings is 1. The lowest BCUT2D eigenvalue weighted by Gasteiger charge is -2.36. The zero-order chi connectivity index (χ0) is 18.6. The molecule has 0 saturated carbocycles. The average molecular weight is 359 g/mol. The molecule has 26 heavy (non-hydrogen) atoms. The van der Waals surface area contributed by atoms with Crippen molar-refractivity contribution in [1.29, 1.82) is 0 Å². The van der Waals surface area contributed by atoms with Crippen LogP contribution in [-0.2, 0) is 4.74 Å². The van der Waals surface area contributed by atoms with Crippen LogP contribution in [0.4, 0.5) is 4.79 Å². The largest absolute Gasteiger partial charge is 0.465 e. The van der Waals surface area contributed by atoms with E-state index < -0.39 is 5.60 Å². The first-order valence-corrected chi connectivity index (χ1v) is 9.49. The number of aromatic nitrogens is 2. The SMILES string of the molecule is CC(C)(C)OC(=O)N1CCCC[C@H]1CCCOc1nc2ccccc2[nH]1. The number of para-hydroxylation sites is 2. The number of amides is 1. The molecule has 6 nitrogen and oxygen atoms in total. The minimum Gasteiger partial charge on any atom is -0.465 e. The summed E-state index contributed by atoms with van der Waals surface area (Å²) in [6.45, 7) is 7.09. The van der Waals surface area contributed by atoms with Crippen molar-refractivity contribution in [2.45, 2.75) is 64.5 Å². The molecular weight excluding hydrogens is 330 g/mol. The fourth-order valence-electron chi connectivity index (χ4n) is 3.35. The highest BCUT2D eigenvalue weighted by Gasteiger charge is 2.30. The molecule has 1 amide bonds. The summed E-state index contributed by atoms with van der Waals surface area (Å²) in [6, 6.07) is 8.66. The van der Waals surface area contributed by atoms with E-state index >= 15 is 0 Å². The van der Waals surface area contributed by atoms with Crippen LogP contribution in [0.5, 0.6) is 6.01 Å². The maximum atomic E-state index is 12.4. The van der Waals surface area contributed by atoms with Crippen molar-refractivity contribution in [3.8, 4) is 6.01 Å². The second-order valence-electron chi connectivity index (χ2n) is 7.87. The van der Waals surface area contributed by atoms with Crippen LogP contribution in [-0.4, -0.2) is 45.8 Å². The number of ether oxygens (including phenoxy) is 2. The zero-order valence-corrected chi connectivity index (χ0v) is 16.0. The van der Waals surface area contributed by atoms with Gasteiger partial charge in [-0.25, -0.2) is 4.79 Å². The number of H-pyrrole nitrogens is 1. The highest BCUT2D eigenvalue weighted by molar-refractivity contribution is 5.75. The first kappa shape index (κ1) is 18.5. The second kappa shape index (κ2) is 7.98. The Labute approximate surface area is 154 Å². The van der Waals surface area contributed by atoms with Crippen LogP contribution >= 0.6 is 0 Å². The Bertz CT molecular complexity index is 702. The van der Waals surface area contributed by atoms with E-state index in [9.17, 15) is 4.79 Å². The summed E-state index contributed by atoms with van der Waals surface area (Å²) >= 11 is 0. The number of fused-ring (bicyclic) bond motifs is 1. The van der Waals surface area contributed by atoms with Gasteiger partial charge in [0.05, 0.1) is 17.6 Å². The molecule has 2 aromatic rings. The Hall–Kier alpha value is -2.24. The molecule has 0 aliphatic carbocycles. The van der Waals surface area contributed by atoms with Gasteiger partial charge < -0.3 is 19.4 Å². The summed E-state index contributed by atoms with van der Waals surface area (Å²) in [7, 11) is 0. The van der Waals surface area contributed by atoms with Crippen LogP contribution < -0.4 is 4.74 Å². The van der Waals surface area contributed by atoms with Crippen molar-refractivity contribution in [3.05, 3.63) is 24.3 Å². The van der Waals surface area contributed by atoms with Gasteiger partial charge in [0, 0.05) is 12.6 Å². The second-order valence-corrected chi connectivity index (χ2v) is 7.87.